The SMILES string of the molecule is CCc1ccc(CNCc2ccc(C)o2)o1. The van der Waals surface area contributed by atoms with Gasteiger partial charge in [-0.15, -0.1) is 0 Å². The van der Waals surface area contributed by atoms with Gasteiger partial charge in [-0.1, -0.05) is 6.92 Å². The topological polar surface area (TPSA) is 38.3 Å². The molecular formula is C13H17NO2. The summed E-state index contributed by atoms with van der Waals surface area (Å²) in [5, 5.41) is 3.28. The van der Waals surface area contributed by atoms with Crippen LogP contribution in [0.2, 0.25) is 0 Å². The minimum Gasteiger partial charge on any atom is -0.465 e. The molecule has 2 heterocycles. The van der Waals surface area contributed by atoms with Crippen molar-refractivity contribution in [2.45, 2.75) is 33.4 Å². The Bertz CT molecular complexity index is 442. The summed E-state index contributed by atoms with van der Waals surface area (Å²) in [5.74, 6) is 3.91. The lowest BCUT2D eigenvalue weighted by molar-refractivity contribution is 0.427. The van der Waals surface area contributed by atoms with Crippen molar-refractivity contribution < 1.29 is 8.83 Å². The Kier molecular flexibility index (Phi) is 3.47. The van der Waals surface area contributed by atoms with Crippen LogP contribution >= 0.6 is 0 Å². The Hall–Kier alpha value is -1.48. The Labute approximate surface area is 95.5 Å². The summed E-state index contributed by atoms with van der Waals surface area (Å²) in [6, 6.07) is 7.99. The first-order valence-corrected chi connectivity index (χ1v) is 5.61. The fourth-order valence-corrected chi connectivity index (χ4v) is 1.60. The van der Waals surface area contributed by atoms with Crippen LogP contribution < -0.4 is 5.32 Å². The van der Waals surface area contributed by atoms with Gasteiger partial charge in [0.05, 0.1) is 13.1 Å². The third kappa shape index (κ3) is 2.76. The molecule has 2 aromatic rings. The summed E-state index contributed by atoms with van der Waals surface area (Å²) in [5.41, 5.74) is 0. The van der Waals surface area contributed by atoms with E-state index in [1.165, 1.54) is 0 Å². The van der Waals surface area contributed by atoms with Gasteiger partial charge in [-0.25, -0.2) is 0 Å². The molecule has 0 aliphatic carbocycles. The molecule has 0 unspecified atom stereocenters. The molecule has 0 fully saturated rings. The molecule has 86 valence electrons. The number of hydrogen-bond acceptors (Lipinski definition) is 3. The molecule has 0 aromatic carbocycles. The number of aryl methyl sites for hydroxylation is 2. The molecule has 0 radical (unpaired) electrons. The Morgan fingerprint density at radius 1 is 0.938 bits per heavy atom. The van der Waals surface area contributed by atoms with Gasteiger partial charge in [-0.3, -0.25) is 0 Å². The van der Waals surface area contributed by atoms with Crippen LogP contribution in [0.1, 0.15) is 30.0 Å². The quantitative estimate of drug-likeness (QED) is 0.840. The molecule has 0 saturated heterocycles. The highest BCUT2D eigenvalue weighted by atomic mass is 16.3. The predicted octanol–water partition coefficient (Wildman–Crippen LogP) is 3.03. The lowest BCUT2D eigenvalue weighted by Gasteiger charge is -1.99. The Morgan fingerprint density at radius 2 is 1.56 bits per heavy atom. The van der Waals surface area contributed by atoms with E-state index in [0.717, 1.165) is 42.6 Å². The van der Waals surface area contributed by atoms with Gasteiger partial charge in [-0.2, -0.15) is 0 Å². The second-order valence-corrected chi connectivity index (χ2v) is 3.84. The van der Waals surface area contributed by atoms with E-state index in [9.17, 15) is 0 Å². The third-order valence-corrected chi connectivity index (χ3v) is 2.46. The van der Waals surface area contributed by atoms with Crippen molar-refractivity contribution in [2.24, 2.45) is 0 Å². The molecule has 0 aliphatic heterocycles. The summed E-state index contributed by atoms with van der Waals surface area (Å²) in [6.07, 6.45) is 0.942. The average molecular weight is 219 g/mol. The lowest BCUT2D eigenvalue weighted by atomic mass is 10.3. The van der Waals surface area contributed by atoms with E-state index in [4.69, 9.17) is 8.83 Å². The minimum absolute atomic E-state index is 0.732. The molecule has 16 heavy (non-hydrogen) atoms. The molecule has 0 bridgehead atoms. The van der Waals surface area contributed by atoms with Gasteiger partial charge in [0.2, 0.25) is 0 Å². The molecule has 2 aromatic heterocycles. The minimum atomic E-state index is 0.732. The highest BCUT2D eigenvalue weighted by Gasteiger charge is 2.01. The van der Waals surface area contributed by atoms with Crippen molar-refractivity contribution in [3.05, 3.63) is 47.3 Å². The van der Waals surface area contributed by atoms with Crippen LogP contribution in [0.15, 0.2) is 33.1 Å². The van der Waals surface area contributed by atoms with Crippen molar-refractivity contribution in [3.63, 3.8) is 0 Å². The van der Waals surface area contributed by atoms with Crippen LogP contribution in [0.4, 0.5) is 0 Å². The average Bonchev–Trinajstić information content (AvgIpc) is 2.88. The zero-order chi connectivity index (χ0) is 11.4. The number of rotatable bonds is 5. The van der Waals surface area contributed by atoms with Crippen molar-refractivity contribution >= 4 is 0 Å². The monoisotopic (exact) mass is 219 g/mol. The third-order valence-electron chi connectivity index (χ3n) is 2.46. The first kappa shape index (κ1) is 11.0. The van der Waals surface area contributed by atoms with Crippen LogP contribution in [-0.2, 0) is 19.5 Å². The summed E-state index contributed by atoms with van der Waals surface area (Å²) >= 11 is 0. The van der Waals surface area contributed by atoms with E-state index < -0.39 is 0 Å². The second kappa shape index (κ2) is 5.03. The number of furan rings is 2. The van der Waals surface area contributed by atoms with Gasteiger partial charge in [0, 0.05) is 6.42 Å². The first-order valence-electron chi connectivity index (χ1n) is 5.61. The summed E-state index contributed by atoms with van der Waals surface area (Å²) in [6.45, 7) is 5.50. The van der Waals surface area contributed by atoms with Gasteiger partial charge in [0.25, 0.3) is 0 Å². The first-order chi connectivity index (χ1) is 7.78. The predicted molar refractivity (Wildman–Crippen MR) is 62.1 cm³/mol. The molecular weight excluding hydrogens is 202 g/mol. The maximum absolute atomic E-state index is 5.58. The van der Waals surface area contributed by atoms with Crippen LogP contribution in [0.25, 0.3) is 0 Å². The van der Waals surface area contributed by atoms with Gasteiger partial charge in [0.15, 0.2) is 0 Å². The maximum Gasteiger partial charge on any atom is 0.117 e. The molecule has 0 saturated carbocycles. The van der Waals surface area contributed by atoms with Crippen LogP contribution in [0, 0.1) is 6.92 Å². The molecule has 3 heteroatoms. The summed E-state index contributed by atoms with van der Waals surface area (Å²) in [4.78, 5) is 0. The number of hydrogen-bond donors (Lipinski definition) is 1. The Morgan fingerprint density at radius 3 is 2.12 bits per heavy atom. The fraction of sp³-hybridized carbons (Fsp3) is 0.385. The van der Waals surface area contributed by atoms with Gasteiger partial charge in [-0.05, 0) is 31.2 Å². The fourth-order valence-electron chi connectivity index (χ4n) is 1.60. The van der Waals surface area contributed by atoms with E-state index in [0.29, 0.717) is 0 Å². The van der Waals surface area contributed by atoms with Crippen LogP contribution in [0.5, 0.6) is 0 Å². The van der Waals surface area contributed by atoms with E-state index in [-0.39, 0.29) is 0 Å². The lowest BCUT2D eigenvalue weighted by Crippen LogP contribution is -2.11. The van der Waals surface area contributed by atoms with E-state index >= 15 is 0 Å². The smallest absolute Gasteiger partial charge is 0.117 e. The zero-order valence-electron chi connectivity index (χ0n) is 9.75. The maximum atomic E-state index is 5.58. The molecule has 0 amide bonds. The van der Waals surface area contributed by atoms with Crippen LogP contribution in [-0.4, -0.2) is 0 Å². The van der Waals surface area contributed by atoms with Crippen LogP contribution in [0.3, 0.4) is 0 Å². The van der Waals surface area contributed by atoms with Gasteiger partial charge >= 0.3 is 0 Å². The van der Waals surface area contributed by atoms with E-state index in [1.807, 2.05) is 31.2 Å². The van der Waals surface area contributed by atoms with Gasteiger partial charge in [0.1, 0.15) is 23.0 Å². The zero-order valence-corrected chi connectivity index (χ0v) is 9.75. The summed E-state index contributed by atoms with van der Waals surface area (Å²) < 4.78 is 11.0. The second-order valence-electron chi connectivity index (χ2n) is 3.84. The molecule has 0 aliphatic rings. The molecule has 0 atom stereocenters. The van der Waals surface area contributed by atoms with Crippen molar-refractivity contribution in [1.82, 2.24) is 5.32 Å². The normalized spacial score (nSPS) is 10.9. The molecule has 1 N–H and O–H groups in total. The van der Waals surface area contributed by atoms with E-state index in [1.54, 1.807) is 0 Å². The van der Waals surface area contributed by atoms with E-state index in [2.05, 4.69) is 12.2 Å². The molecule has 2 rings (SSSR count). The standard InChI is InChI=1S/C13H17NO2/c1-3-11-6-7-13(16-11)9-14-8-12-5-4-10(2)15-12/h4-7,14H,3,8-9H2,1-2H3. The highest BCUT2D eigenvalue weighted by molar-refractivity contribution is 5.08. The number of nitrogens with one attached hydrogen (secondary N) is 1. The van der Waals surface area contributed by atoms with Crippen molar-refractivity contribution in [3.8, 4) is 0 Å². The highest BCUT2D eigenvalue weighted by Crippen LogP contribution is 2.09. The van der Waals surface area contributed by atoms with Gasteiger partial charge < -0.3 is 14.2 Å². The van der Waals surface area contributed by atoms with Crippen molar-refractivity contribution in [2.75, 3.05) is 0 Å². The van der Waals surface area contributed by atoms with Crippen molar-refractivity contribution in [1.29, 1.82) is 0 Å². The molecule has 3 nitrogen and oxygen atoms in total. The molecule has 0 spiro atoms. The largest absolute Gasteiger partial charge is 0.465 e. The Balaban J connectivity index is 1.79. The summed E-state index contributed by atoms with van der Waals surface area (Å²) in [7, 11) is 0.